The van der Waals surface area contributed by atoms with Gasteiger partial charge in [-0.1, -0.05) is 17.7 Å². The van der Waals surface area contributed by atoms with Crippen LogP contribution in [-0.2, 0) is 0 Å². The van der Waals surface area contributed by atoms with Gasteiger partial charge in [-0.3, -0.25) is 4.79 Å². The normalized spacial score (nSPS) is 15.4. The van der Waals surface area contributed by atoms with E-state index in [1.165, 1.54) is 0 Å². The maximum atomic E-state index is 12.7. The second kappa shape index (κ2) is 7.67. The zero-order chi connectivity index (χ0) is 20.5. The van der Waals surface area contributed by atoms with E-state index >= 15 is 0 Å². The fourth-order valence-electron chi connectivity index (χ4n) is 3.80. The molecule has 0 N–H and O–H groups in total. The molecule has 7 nitrogen and oxygen atoms in total. The van der Waals surface area contributed by atoms with Gasteiger partial charge in [0.15, 0.2) is 17.3 Å². The summed E-state index contributed by atoms with van der Waals surface area (Å²) in [7, 11) is 0. The lowest BCUT2D eigenvalue weighted by molar-refractivity contribution is 0.0746. The number of hydrogen-bond acceptors (Lipinski definition) is 6. The van der Waals surface area contributed by atoms with Gasteiger partial charge in [0.05, 0.1) is 5.69 Å². The van der Waals surface area contributed by atoms with Gasteiger partial charge in [-0.05, 0) is 49.4 Å². The second-order valence-electron chi connectivity index (χ2n) is 7.49. The van der Waals surface area contributed by atoms with Crippen molar-refractivity contribution >= 4 is 11.7 Å². The first-order valence-electron chi connectivity index (χ1n) is 10.0. The number of carbonyl (C=O) groups excluding carboxylic acids is 1. The number of nitrogens with zero attached hydrogens (tertiary/aromatic N) is 4. The van der Waals surface area contributed by atoms with Crippen molar-refractivity contribution in [3.05, 3.63) is 65.7 Å². The molecule has 0 spiro atoms. The average Bonchev–Trinajstić information content (AvgIpc) is 3.27. The van der Waals surface area contributed by atoms with E-state index in [-0.39, 0.29) is 12.7 Å². The van der Waals surface area contributed by atoms with Crippen LogP contribution >= 0.6 is 0 Å². The van der Waals surface area contributed by atoms with Crippen LogP contribution in [0.25, 0.3) is 11.3 Å². The fourth-order valence-corrected chi connectivity index (χ4v) is 3.80. The van der Waals surface area contributed by atoms with Crippen LogP contribution < -0.4 is 14.4 Å². The summed E-state index contributed by atoms with van der Waals surface area (Å²) in [6.45, 7) is 5.05. The number of fused-ring (bicyclic) bond motifs is 1. The molecule has 3 heterocycles. The first-order valence-corrected chi connectivity index (χ1v) is 10.0. The molecule has 7 heteroatoms. The summed E-state index contributed by atoms with van der Waals surface area (Å²) in [5.41, 5.74) is 3.56. The molecule has 0 atom stereocenters. The monoisotopic (exact) mass is 402 g/mol. The SMILES string of the molecule is Cc1cccc(C(=O)N2CCN(c3ccc(-c4ccc5c(c4)OCO5)nn3)CC2)c1. The van der Waals surface area contributed by atoms with Crippen LogP contribution in [0, 0.1) is 6.92 Å². The molecule has 30 heavy (non-hydrogen) atoms. The van der Waals surface area contributed by atoms with E-state index in [1.807, 2.05) is 66.4 Å². The van der Waals surface area contributed by atoms with E-state index in [2.05, 4.69) is 15.1 Å². The molecular weight excluding hydrogens is 380 g/mol. The summed E-state index contributed by atoms with van der Waals surface area (Å²) >= 11 is 0. The molecule has 2 aliphatic heterocycles. The molecule has 1 aromatic heterocycles. The summed E-state index contributed by atoms with van der Waals surface area (Å²) < 4.78 is 10.8. The van der Waals surface area contributed by atoms with E-state index in [0.717, 1.165) is 52.8 Å². The Kier molecular flexibility index (Phi) is 4.71. The highest BCUT2D eigenvalue weighted by molar-refractivity contribution is 5.94. The van der Waals surface area contributed by atoms with Crippen LogP contribution in [0.2, 0.25) is 0 Å². The molecule has 0 unspecified atom stereocenters. The highest BCUT2D eigenvalue weighted by Gasteiger charge is 2.23. The molecule has 5 rings (SSSR count). The van der Waals surface area contributed by atoms with Crippen LogP contribution in [0.1, 0.15) is 15.9 Å². The molecule has 0 bridgehead atoms. The Bertz CT molecular complexity index is 1080. The molecule has 0 radical (unpaired) electrons. The van der Waals surface area contributed by atoms with Crippen molar-refractivity contribution in [1.82, 2.24) is 15.1 Å². The predicted octanol–water partition coefficient (Wildman–Crippen LogP) is 3.14. The molecule has 1 fully saturated rings. The molecular formula is C23H22N4O3. The van der Waals surface area contributed by atoms with Crippen molar-refractivity contribution in [3.8, 4) is 22.8 Å². The van der Waals surface area contributed by atoms with Gasteiger partial charge in [-0.15, -0.1) is 10.2 Å². The lowest BCUT2D eigenvalue weighted by atomic mass is 10.1. The van der Waals surface area contributed by atoms with Crippen LogP contribution in [0.4, 0.5) is 5.82 Å². The fraction of sp³-hybridized carbons (Fsp3) is 0.261. The predicted molar refractivity (Wildman–Crippen MR) is 113 cm³/mol. The Hall–Kier alpha value is -3.61. The van der Waals surface area contributed by atoms with Crippen LogP contribution in [0.3, 0.4) is 0 Å². The Balaban J connectivity index is 1.24. The Morgan fingerprint density at radius 1 is 0.900 bits per heavy atom. The van der Waals surface area contributed by atoms with Crippen molar-refractivity contribution in [1.29, 1.82) is 0 Å². The average molecular weight is 402 g/mol. The lowest BCUT2D eigenvalue weighted by Crippen LogP contribution is -2.49. The summed E-state index contributed by atoms with van der Waals surface area (Å²) in [6, 6.07) is 17.4. The van der Waals surface area contributed by atoms with Gasteiger partial charge in [-0.25, -0.2) is 0 Å². The van der Waals surface area contributed by atoms with Gasteiger partial charge < -0.3 is 19.3 Å². The maximum Gasteiger partial charge on any atom is 0.253 e. The number of piperazine rings is 1. The van der Waals surface area contributed by atoms with Crippen LogP contribution in [0.15, 0.2) is 54.6 Å². The van der Waals surface area contributed by atoms with Crippen molar-refractivity contribution in [2.75, 3.05) is 37.9 Å². The topological polar surface area (TPSA) is 67.8 Å². The van der Waals surface area contributed by atoms with E-state index in [0.29, 0.717) is 13.1 Å². The van der Waals surface area contributed by atoms with Gasteiger partial charge in [0, 0.05) is 37.3 Å². The van der Waals surface area contributed by atoms with E-state index < -0.39 is 0 Å². The molecule has 2 aliphatic rings. The summed E-state index contributed by atoms with van der Waals surface area (Å²) in [5.74, 6) is 2.39. The zero-order valence-electron chi connectivity index (χ0n) is 16.7. The molecule has 1 amide bonds. The third kappa shape index (κ3) is 3.54. The summed E-state index contributed by atoms with van der Waals surface area (Å²) in [6.07, 6.45) is 0. The number of ether oxygens (including phenoxy) is 2. The molecule has 0 saturated carbocycles. The standard InChI is InChI=1S/C23H22N4O3/c1-16-3-2-4-18(13-16)23(28)27-11-9-26(10-12-27)22-8-6-19(24-25-22)17-5-7-20-21(14-17)30-15-29-20/h2-8,13-14H,9-12,15H2,1H3. The lowest BCUT2D eigenvalue weighted by Gasteiger charge is -2.35. The molecule has 0 aliphatic carbocycles. The van der Waals surface area contributed by atoms with Gasteiger partial charge in [0.2, 0.25) is 6.79 Å². The number of amides is 1. The zero-order valence-corrected chi connectivity index (χ0v) is 16.7. The number of carbonyl (C=O) groups is 1. The van der Waals surface area contributed by atoms with Crippen molar-refractivity contribution < 1.29 is 14.3 Å². The first kappa shape index (κ1) is 18.4. The van der Waals surface area contributed by atoms with E-state index in [4.69, 9.17) is 9.47 Å². The van der Waals surface area contributed by atoms with Gasteiger partial charge >= 0.3 is 0 Å². The van der Waals surface area contributed by atoms with Gasteiger partial charge in [-0.2, -0.15) is 0 Å². The molecule has 2 aromatic carbocycles. The highest BCUT2D eigenvalue weighted by atomic mass is 16.7. The molecule has 1 saturated heterocycles. The number of aromatic nitrogens is 2. The first-order chi connectivity index (χ1) is 14.7. The van der Waals surface area contributed by atoms with Gasteiger partial charge in [0.25, 0.3) is 5.91 Å². The smallest absolute Gasteiger partial charge is 0.253 e. The van der Waals surface area contributed by atoms with Gasteiger partial charge in [0.1, 0.15) is 0 Å². The van der Waals surface area contributed by atoms with Crippen LogP contribution in [0.5, 0.6) is 11.5 Å². The minimum Gasteiger partial charge on any atom is -0.454 e. The Morgan fingerprint density at radius 2 is 1.73 bits per heavy atom. The quantitative estimate of drug-likeness (QED) is 0.671. The second-order valence-corrected chi connectivity index (χ2v) is 7.49. The number of benzene rings is 2. The molecule has 152 valence electrons. The maximum absolute atomic E-state index is 12.7. The Labute approximate surface area is 174 Å². The van der Waals surface area contributed by atoms with Crippen molar-refractivity contribution in [3.63, 3.8) is 0 Å². The molecule has 3 aromatic rings. The summed E-state index contributed by atoms with van der Waals surface area (Å²) in [5, 5.41) is 8.80. The highest BCUT2D eigenvalue weighted by Crippen LogP contribution is 2.35. The Morgan fingerprint density at radius 3 is 2.50 bits per heavy atom. The van der Waals surface area contributed by atoms with E-state index in [9.17, 15) is 4.79 Å². The third-order valence-corrected chi connectivity index (χ3v) is 5.47. The minimum absolute atomic E-state index is 0.0857. The number of aryl methyl sites for hydroxylation is 1. The van der Waals surface area contributed by atoms with Crippen molar-refractivity contribution in [2.24, 2.45) is 0 Å². The minimum atomic E-state index is 0.0857. The van der Waals surface area contributed by atoms with Crippen LogP contribution in [-0.4, -0.2) is 54.0 Å². The van der Waals surface area contributed by atoms with Crippen molar-refractivity contribution in [2.45, 2.75) is 6.92 Å². The number of hydrogen-bond donors (Lipinski definition) is 0. The number of rotatable bonds is 3. The van der Waals surface area contributed by atoms with E-state index in [1.54, 1.807) is 0 Å². The largest absolute Gasteiger partial charge is 0.454 e. The number of anilines is 1. The third-order valence-electron chi connectivity index (χ3n) is 5.47. The summed E-state index contributed by atoms with van der Waals surface area (Å²) in [4.78, 5) is 16.8.